The summed E-state index contributed by atoms with van der Waals surface area (Å²) in [7, 11) is 2.15. The minimum absolute atomic E-state index is 0.106. The highest BCUT2D eigenvalue weighted by Crippen LogP contribution is 2.25. The van der Waals surface area contributed by atoms with E-state index in [0.717, 1.165) is 48.7 Å². The number of nitrogens with one attached hydrogen (secondary N) is 1. The smallest absolute Gasteiger partial charge is 0.140 e. The van der Waals surface area contributed by atoms with Crippen LogP contribution >= 0.6 is 0 Å². The number of hydrogen-bond donors (Lipinski definition) is 2. The second-order valence-electron chi connectivity index (χ2n) is 5.85. The Kier molecular flexibility index (Phi) is 4.28. The van der Waals surface area contributed by atoms with Gasteiger partial charge in [0.15, 0.2) is 0 Å². The van der Waals surface area contributed by atoms with Crippen molar-refractivity contribution in [3.63, 3.8) is 0 Å². The predicted molar refractivity (Wildman–Crippen MR) is 83.6 cm³/mol. The van der Waals surface area contributed by atoms with E-state index < -0.39 is 0 Å². The zero-order valence-corrected chi connectivity index (χ0v) is 12.9. The highest BCUT2D eigenvalue weighted by Gasteiger charge is 2.24. The van der Waals surface area contributed by atoms with Crippen molar-refractivity contribution < 1.29 is 0 Å². The van der Waals surface area contributed by atoms with Gasteiger partial charge >= 0.3 is 0 Å². The largest absolute Gasteiger partial charge is 0.384 e. The number of nitrogens with two attached hydrogens (primary N) is 1. The molecule has 2 rings (SSSR count). The van der Waals surface area contributed by atoms with Crippen molar-refractivity contribution in [2.45, 2.75) is 33.2 Å². The van der Waals surface area contributed by atoms with E-state index in [2.05, 4.69) is 28.8 Å². The molecule has 1 aromatic heterocycles. The van der Waals surface area contributed by atoms with Crippen LogP contribution in [0, 0.1) is 19.3 Å². The molecule has 2 heterocycles. The van der Waals surface area contributed by atoms with Gasteiger partial charge in [0.25, 0.3) is 0 Å². The van der Waals surface area contributed by atoms with Crippen molar-refractivity contribution in [3.05, 3.63) is 22.9 Å². The van der Waals surface area contributed by atoms with Crippen LogP contribution in [0.3, 0.4) is 0 Å². The van der Waals surface area contributed by atoms with Gasteiger partial charge in [-0.15, -0.1) is 0 Å². The average Bonchev–Trinajstić information content (AvgIpc) is 2.48. The van der Waals surface area contributed by atoms with Crippen molar-refractivity contribution in [2.24, 2.45) is 5.73 Å². The van der Waals surface area contributed by atoms with Crippen LogP contribution in [0.2, 0.25) is 0 Å². The van der Waals surface area contributed by atoms with Gasteiger partial charge < -0.3 is 15.5 Å². The monoisotopic (exact) mass is 275 g/mol. The lowest BCUT2D eigenvalue weighted by Crippen LogP contribution is -2.40. The number of likely N-dealkylation sites (N-methyl/N-ethyl adjacent to an activating group) is 1. The summed E-state index contributed by atoms with van der Waals surface area (Å²) in [5.74, 6) is 0.979. The minimum Gasteiger partial charge on any atom is -0.384 e. The topological polar surface area (TPSA) is 69.2 Å². The third-order valence-corrected chi connectivity index (χ3v) is 3.91. The van der Waals surface area contributed by atoms with Crippen molar-refractivity contribution in [3.8, 4) is 0 Å². The predicted octanol–water partition coefficient (Wildman–Crippen LogP) is 1.51. The molecule has 0 bridgehead atoms. The van der Waals surface area contributed by atoms with Crippen molar-refractivity contribution >= 4 is 11.7 Å². The first-order valence-electron chi connectivity index (χ1n) is 7.18. The molecule has 110 valence electrons. The number of pyridine rings is 1. The number of anilines is 1. The van der Waals surface area contributed by atoms with E-state index >= 15 is 0 Å². The van der Waals surface area contributed by atoms with E-state index in [4.69, 9.17) is 11.1 Å². The summed E-state index contributed by atoms with van der Waals surface area (Å²) in [6, 6.07) is 2.36. The van der Waals surface area contributed by atoms with Crippen molar-refractivity contribution in [1.82, 2.24) is 9.88 Å². The number of aryl methyl sites for hydroxylation is 2. The highest BCUT2D eigenvalue weighted by atomic mass is 15.3. The standard InChI is InChI=1S/C15H25N5/c1-10-8-11(2)18-15(13(10)14(16)17)20-7-5-6-19(4)9-12(20)3/h8,12H,5-7,9H2,1-4H3,(H3,16,17). The molecule has 0 aliphatic carbocycles. The quantitative estimate of drug-likeness (QED) is 0.634. The molecule has 1 saturated heterocycles. The molecule has 0 saturated carbocycles. The van der Waals surface area contributed by atoms with E-state index in [1.807, 2.05) is 19.9 Å². The Morgan fingerprint density at radius 3 is 2.75 bits per heavy atom. The van der Waals surface area contributed by atoms with Gasteiger partial charge in [0, 0.05) is 24.8 Å². The Morgan fingerprint density at radius 1 is 1.40 bits per heavy atom. The number of amidine groups is 1. The highest BCUT2D eigenvalue weighted by molar-refractivity contribution is 6.01. The fourth-order valence-electron chi connectivity index (χ4n) is 3.04. The molecule has 1 fully saturated rings. The van der Waals surface area contributed by atoms with E-state index in [-0.39, 0.29) is 5.84 Å². The fraction of sp³-hybridized carbons (Fsp3) is 0.600. The third-order valence-electron chi connectivity index (χ3n) is 3.91. The first kappa shape index (κ1) is 14.8. The Labute approximate surface area is 121 Å². The number of hydrogen-bond acceptors (Lipinski definition) is 4. The third kappa shape index (κ3) is 2.93. The number of nitrogen functional groups attached to an aromatic ring is 1. The Hall–Kier alpha value is -1.62. The molecule has 0 radical (unpaired) electrons. The molecule has 1 aliphatic rings. The molecule has 0 spiro atoms. The summed E-state index contributed by atoms with van der Waals surface area (Å²) in [6.07, 6.45) is 1.10. The molecule has 1 atom stereocenters. The second-order valence-corrected chi connectivity index (χ2v) is 5.85. The van der Waals surface area contributed by atoms with Crippen molar-refractivity contribution in [2.75, 3.05) is 31.6 Å². The molecule has 20 heavy (non-hydrogen) atoms. The lowest BCUT2D eigenvalue weighted by atomic mass is 10.1. The number of aromatic nitrogens is 1. The van der Waals surface area contributed by atoms with Gasteiger partial charge in [0.1, 0.15) is 11.7 Å². The minimum atomic E-state index is 0.106. The zero-order valence-electron chi connectivity index (χ0n) is 12.9. The maximum Gasteiger partial charge on any atom is 0.140 e. The normalized spacial score (nSPS) is 20.8. The lowest BCUT2D eigenvalue weighted by Gasteiger charge is -2.31. The summed E-state index contributed by atoms with van der Waals surface area (Å²) in [4.78, 5) is 9.34. The molecule has 1 aliphatic heterocycles. The average molecular weight is 275 g/mol. The maximum atomic E-state index is 7.87. The van der Waals surface area contributed by atoms with Crippen LogP contribution in [0.5, 0.6) is 0 Å². The van der Waals surface area contributed by atoms with Crippen molar-refractivity contribution in [1.29, 1.82) is 5.41 Å². The van der Waals surface area contributed by atoms with E-state index in [1.54, 1.807) is 0 Å². The van der Waals surface area contributed by atoms with Gasteiger partial charge in [0.2, 0.25) is 0 Å². The van der Waals surface area contributed by atoms with Gasteiger partial charge in [-0.1, -0.05) is 0 Å². The van der Waals surface area contributed by atoms with Gasteiger partial charge in [0.05, 0.1) is 5.56 Å². The van der Waals surface area contributed by atoms with Crippen LogP contribution in [0.15, 0.2) is 6.07 Å². The maximum absolute atomic E-state index is 7.87. The van der Waals surface area contributed by atoms with Crippen LogP contribution in [0.25, 0.3) is 0 Å². The van der Waals surface area contributed by atoms with E-state index in [9.17, 15) is 0 Å². The molecule has 3 N–H and O–H groups in total. The van der Waals surface area contributed by atoms with Crippen LogP contribution in [0.1, 0.15) is 30.2 Å². The van der Waals surface area contributed by atoms with Crippen LogP contribution in [-0.2, 0) is 0 Å². The number of nitrogens with zero attached hydrogens (tertiary/aromatic N) is 3. The SMILES string of the molecule is Cc1cc(C)c(C(=N)N)c(N2CCCN(C)CC2C)n1. The summed E-state index contributed by atoms with van der Waals surface area (Å²) in [6.45, 7) is 9.28. The van der Waals surface area contributed by atoms with Crippen LogP contribution in [-0.4, -0.2) is 48.4 Å². The molecule has 5 nitrogen and oxygen atoms in total. The fourth-order valence-corrected chi connectivity index (χ4v) is 3.04. The molecule has 1 aromatic rings. The van der Waals surface area contributed by atoms with E-state index in [0.29, 0.717) is 6.04 Å². The second kappa shape index (κ2) is 5.79. The summed E-state index contributed by atoms with van der Waals surface area (Å²) >= 11 is 0. The molecule has 0 aromatic carbocycles. The van der Waals surface area contributed by atoms with E-state index in [1.165, 1.54) is 0 Å². The summed E-state index contributed by atoms with van der Waals surface area (Å²) < 4.78 is 0. The lowest BCUT2D eigenvalue weighted by molar-refractivity contribution is 0.337. The zero-order chi connectivity index (χ0) is 14.9. The van der Waals surface area contributed by atoms with Crippen LogP contribution < -0.4 is 10.6 Å². The van der Waals surface area contributed by atoms with Crippen LogP contribution in [0.4, 0.5) is 5.82 Å². The van der Waals surface area contributed by atoms with Gasteiger partial charge in [-0.3, -0.25) is 5.41 Å². The molecular weight excluding hydrogens is 250 g/mol. The summed E-state index contributed by atoms with van der Waals surface area (Å²) in [5, 5.41) is 7.87. The molecule has 5 heteroatoms. The number of rotatable bonds is 2. The van der Waals surface area contributed by atoms with Gasteiger partial charge in [-0.05, 0) is 52.4 Å². The Morgan fingerprint density at radius 2 is 2.10 bits per heavy atom. The molecule has 1 unspecified atom stereocenters. The Bertz CT molecular complexity index is 511. The first-order chi connectivity index (χ1) is 9.40. The van der Waals surface area contributed by atoms with Gasteiger partial charge in [-0.25, -0.2) is 4.98 Å². The molecule has 0 amide bonds. The summed E-state index contributed by atoms with van der Waals surface area (Å²) in [5.41, 5.74) is 8.59. The van der Waals surface area contributed by atoms with Gasteiger partial charge in [-0.2, -0.15) is 0 Å². The Balaban J connectivity index is 2.47. The first-order valence-corrected chi connectivity index (χ1v) is 7.18. The molecular formula is C15H25N5.